The van der Waals surface area contributed by atoms with E-state index < -0.39 is 0 Å². The molecule has 1 amide bonds. The molecule has 1 aliphatic heterocycles. The molecule has 0 radical (unpaired) electrons. The van der Waals surface area contributed by atoms with Gasteiger partial charge in [0.25, 0.3) is 11.5 Å². The quantitative estimate of drug-likeness (QED) is 0.822. The summed E-state index contributed by atoms with van der Waals surface area (Å²) in [5, 5.41) is 10.2. The predicted octanol–water partition coefficient (Wildman–Crippen LogP) is 0.644. The van der Waals surface area contributed by atoms with E-state index in [1.54, 1.807) is 12.1 Å². The molecule has 3 rings (SSSR count). The minimum Gasteiger partial charge on any atom is -0.381 e. The van der Waals surface area contributed by atoms with Gasteiger partial charge in [-0.1, -0.05) is 0 Å². The van der Waals surface area contributed by atoms with Crippen molar-refractivity contribution in [1.82, 2.24) is 14.5 Å². The number of fused-ring (bicyclic) bond motifs is 1. The predicted molar refractivity (Wildman–Crippen MR) is 84.0 cm³/mol. The highest BCUT2D eigenvalue weighted by Crippen LogP contribution is 2.20. The van der Waals surface area contributed by atoms with Gasteiger partial charge in [0, 0.05) is 24.4 Å². The number of nitrogens with zero attached hydrogens (tertiary/aromatic N) is 3. The molecule has 1 N–H and O–H groups in total. The van der Waals surface area contributed by atoms with E-state index in [1.807, 2.05) is 0 Å². The lowest BCUT2D eigenvalue weighted by molar-refractivity contribution is 0.102. The number of nitrogens with one attached hydrogen (secondary N) is 1. The number of aromatic nitrogens is 3. The summed E-state index contributed by atoms with van der Waals surface area (Å²) in [7, 11) is 2.40. The van der Waals surface area contributed by atoms with Crippen molar-refractivity contribution >= 4 is 21.1 Å². The highest BCUT2D eigenvalue weighted by atomic mass is 31.0. The van der Waals surface area contributed by atoms with Gasteiger partial charge >= 0.3 is 0 Å². The standard InChI is InChI=1S/C14H15N4O3P/c19-13-8-10(14(20)16-12-2-1-5-15-17-12)9-3-6-21-7-4-11(9)18(13)22/h1-2,5,8H,3-4,6-7,22H2,(H,16,17,20). The summed E-state index contributed by atoms with van der Waals surface area (Å²) in [6, 6.07) is 4.67. The third-order valence-corrected chi connectivity index (χ3v) is 4.07. The molecule has 1 atom stereocenters. The van der Waals surface area contributed by atoms with E-state index in [9.17, 15) is 9.59 Å². The summed E-state index contributed by atoms with van der Waals surface area (Å²) >= 11 is 0. The number of rotatable bonds is 2. The van der Waals surface area contributed by atoms with Gasteiger partial charge in [0.1, 0.15) is 0 Å². The number of amides is 1. The number of hydrogen-bond acceptors (Lipinski definition) is 5. The molecule has 2 aromatic rings. The Bertz CT molecular complexity index is 761. The van der Waals surface area contributed by atoms with Gasteiger partial charge in [-0.3, -0.25) is 13.9 Å². The lowest BCUT2D eigenvalue weighted by atomic mass is 10.0. The smallest absolute Gasteiger partial charge is 0.257 e. The first-order chi connectivity index (χ1) is 10.7. The van der Waals surface area contributed by atoms with Gasteiger partial charge in [-0.2, -0.15) is 5.10 Å². The Morgan fingerprint density at radius 2 is 2.18 bits per heavy atom. The second-order valence-corrected chi connectivity index (χ2v) is 5.38. The van der Waals surface area contributed by atoms with Crippen molar-refractivity contribution in [2.75, 3.05) is 18.5 Å². The van der Waals surface area contributed by atoms with Crippen LogP contribution in [0.2, 0.25) is 0 Å². The summed E-state index contributed by atoms with van der Waals surface area (Å²) in [5.74, 6) is -0.0116. The van der Waals surface area contributed by atoms with Crippen molar-refractivity contribution in [3.8, 4) is 0 Å². The Balaban J connectivity index is 2.01. The molecular weight excluding hydrogens is 303 g/mol. The minimum atomic E-state index is -0.360. The zero-order chi connectivity index (χ0) is 15.5. The molecule has 0 saturated heterocycles. The van der Waals surface area contributed by atoms with E-state index in [2.05, 4.69) is 24.9 Å². The Morgan fingerprint density at radius 1 is 1.36 bits per heavy atom. The van der Waals surface area contributed by atoms with Gasteiger partial charge < -0.3 is 10.1 Å². The molecule has 1 aliphatic rings. The third kappa shape index (κ3) is 2.91. The molecule has 0 spiro atoms. The molecule has 114 valence electrons. The topological polar surface area (TPSA) is 86.1 Å². The first kappa shape index (κ1) is 14.8. The molecule has 0 aromatic carbocycles. The van der Waals surface area contributed by atoms with Crippen molar-refractivity contribution in [3.63, 3.8) is 0 Å². The fourth-order valence-electron chi connectivity index (χ4n) is 2.46. The van der Waals surface area contributed by atoms with Crippen LogP contribution in [0, 0.1) is 0 Å². The Labute approximate surface area is 129 Å². The molecule has 0 bridgehead atoms. The molecule has 0 fully saturated rings. The molecule has 0 aliphatic carbocycles. The largest absolute Gasteiger partial charge is 0.381 e. The van der Waals surface area contributed by atoms with Crippen molar-refractivity contribution < 1.29 is 9.53 Å². The van der Waals surface area contributed by atoms with Crippen LogP contribution < -0.4 is 10.9 Å². The maximum atomic E-state index is 12.5. The van der Waals surface area contributed by atoms with Crippen LogP contribution in [-0.4, -0.2) is 33.7 Å². The maximum Gasteiger partial charge on any atom is 0.257 e. The van der Waals surface area contributed by atoms with Crippen molar-refractivity contribution in [2.24, 2.45) is 0 Å². The fourth-order valence-corrected chi connectivity index (χ4v) is 2.82. The second kappa shape index (κ2) is 6.34. The lowest BCUT2D eigenvalue weighted by Gasteiger charge is -2.14. The summed E-state index contributed by atoms with van der Waals surface area (Å²) in [5.41, 5.74) is 1.79. The van der Waals surface area contributed by atoms with E-state index in [4.69, 9.17) is 4.74 Å². The second-order valence-electron chi connectivity index (χ2n) is 4.87. The Kier molecular flexibility index (Phi) is 4.27. The van der Waals surface area contributed by atoms with Crippen LogP contribution in [0.15, 0.2) is 29.2 Å². The first-order valence-corrected chi connectivity index (χ1v) is 7.38. The fraction of sp³-hybridized carbons (Fsp3) is 0.286. The van der Waals surface area contributed by atoms with Crippen molar-refractivity contribution in [3.05, 3.63) is 51.6 Å². The van der Waals surface area contributed by atoms with Gasteiger partial charge in [0.05, 0.1) is 18.8 Å². The molecule has 22 heavy (non-hydrogen) atoms. The number of carbonyl (C=O) groups excluding carboxylic acids is 1. The SMILES string of the molecule is O=C(Nc1cccnn1)c1cc(=O)n(P)c2c1CCOCC2. The van der Waals surface area contributed by atoms with Gasteiger partial charge in [-0.15, -0.1) is 5.10 Å². The van der Waals surface area contributed by atoms with Crippen LogP contribution in [-0.2, 0) is 17.6 Å². The summed E-state index contributed by atoms with van der Waals surface area (Å²) in [6.07, 6.45) is 2.71. The number of carbonyl (C=O) groups is 1. The van der Waals surface area contributed by atoms with E-state index >= 15 is 0 Å². The van der Waals surface area contributed by atoms with E-state index in [1.165, 1.54) is 16.6 Å². The average Bonchev–Trinajstić information content (AvgIpc) is 2.78. The normalized spacial score (nSPS) is 14.0. The number of hydrogen-bond donors (Lipinski definition) is 1. The molecule has 1 unspecified atom stereocenters. The molecule has 3 heterocycles. The number of pyridine rings is 1. The molecule has 2 aromatic heterocycles. The van der Waals surface area contributed by atoms with Crippen LogP contribution in [0.5, 0.6) is 0 Å². The number of ether oxygens (including phenoxy) is 1. The van der Waals surface area contributed by atoms with E-state index in [0.29, 0.717) is 37.4 Å². The molecule has 0 saturated carbocycles. The monoisotopic (exact) mass is 318 g/mol. The highest BCUT2D eigenvalue weighted by Gasteiger charge is 2.21. The van der Waals surface area contributed by atoms with Crippen LogP contribution >= 0.6 is 9.39 Å². The van der Waals surface area contributed by atoms with Crippen molar-refractivity contribution in [2.45, 2.75) is 12.8 Å². The Morgan fingerprint density at radius 3 is 2.95 bits per heavy atom. The van der Waals surface area contributed by atoms with Gasteiger partial charge in [0.2, 0.25) is 0 Å². The van der Waals surface area contributed by atoms with Gasteiger partial charge in [-0.25, -0.2) is 0 Å². The summed E-state index contributed by atoms with van der Waals surface area (Å²) in [4.78, 5) is 24.6. The molecular formula is C14H15N4O3P. The third-order valence-electron chi connectivity index (χ3n) is 3.51. The van der Waals surface area contributed by atoms with Crippen molar-refractivity contribution in [1.29, 1.82) is 0 Å². The van der Waals surface area contributed by atoms with E-state index in [0.717, 1.165) is 11.3 Å². The Hall–Kier alpha value is -2.11. The highest BCUT2D eigenvalue weighted by molar-refractivity contribution is 7.14. The zero-order valence-corrected chi connectivity index (χ0v) is 12.9. The number of anilines is 1. The van der Waals surface area contributed by atoms with E-state index in [-0.39, 0.29) is 11.5 Å². The van der Waals surface area contributed by atoms with Gasteiger partial charge in [0.15, 0.2) is 5.82 Å². The average molecular weight is 318 g/mol. The summed E-state index contributed by atoms with van der Waals surface area (Å²) in [6.45, 7) is 1.07. The molecule has 7 nitrogen and oxygen atoms in total. The maximum absolute atomic E-state index is 12.5. The lowest BCUT2D eigenvalue weighted by Crippen LogP contribution is -2.25. The van der Waals surface area contributed by atoms with Crippen LogP contribution in [0.1, 0.15) is 21.6 Å². The van der Waals surface area contributed by atoms with Gasteiger partial charge in [-0.05, 0) is 33.5 Å². The zero-order valence-electron chi connectivity index (χ0n) is 11.8. The van der Waals surface area contributed by atoms with Crippen LogP contribution in [0.25, 0.3) is 0 Å². The van der Waals surface area contributed by atoms with Crippen LogP contribution in [0.4, 0.5) is 5.82 Å². The minimum absolute atomic E-state index is 0.241. The first-order valence-electron chi connectivity index (χ1n) is 6.86. The molecule has 8 heteroatoms. The van der Waals surface area contributed by atoms with Crippen LogP contribution in [0.3, 0.4) is 0 Å². The summed E-state index contributed by atoms with van der Waals surface area (Å²) < 4.78 is 6.95.